The van der Waals surface area contributed by atoms with E-state index in [0.717, 1.165) is 18.6 Å². The number of fused-ring (bicyclic) bond motifs is 1. The van der Waals surface area contributed by atoms with E-state index in [4.69, 9.17) is 0 Å². The normalized spacial score (nSPS) is 21.3. The minimum absolute atomic E-state index is 0.152. The summed E-state index contributed by atoms with van der Waals surface area (Å²) in [5.74, 6) is 1.40. The van der Waals surface area contributed by atoms with Crippen molar-refractivity contribution in [1.82, 2.24) is 0 Å². The summed E-state index contributed by atoms with van der Waals surface area (Å²) >= 11 is 1.88. The van der Waals surface area contributed by atoms with Gasteiger partial charge in [0.2, 0.25) is 0 Å². The van der Waals surface area contributed by atoms with E-state index in [9.17, 15) is 5.11 Å². The Labute approximate surface area is 95.9 Å². The summed E-state index contributed by atoms with van der Waals surface area (Å²) in [7, 11) is 0. The van der Waals surface area contributed by atoms with Crippen molar-refractivity contribution in [1.29, 1.82) is 0 Å². The number of aliphatic hydroxyl groups is 1. The summed E-state index contributed by atoms with van der Waals surface area (Å²) < 4.78 is 0. The van der Waals surface area contributed by atoms with Gasteiger partial charge in [-0.3, -0.25) is 0 Å². The molecule has 15 heavy (non-hydrogen) atoms. The van der Waals surface area contributed by atoms with Gasteiger partial charge in [0, 0.05) is 16.6 Å². The van der Waals surface area contributed by atoms with Crippen molar-refractivity contribution in [3.63, 3.8) is 0 Å². The third-order valence-electron chi connectivity index (χ3n) is 3.05. The molecule has 1 aliphatic heterocycles. The Morgan fingerprint density at radius 2 is 2.27 bits per heavy atom. The first-order chi connectivity index (χ1) is 7.33. The number of rotatable bonds is 4. The zero-order valence-corrected chi connectivity index (χ0v) is 9.96. The molecular formula is C13H18OS. The lowest BCUT2D eigenvalue weighted by molar-refractivity contribution is 0.139. The molecule has 1 aliphatic rings. The van der Waals surface area contributed by atoms with Crippen molar-refractivity contribution in [3.05, 3.63) is 29.8 Å². The van der Waals surface area contributed by atoms with Crippen molar-refractivity contribution >= 4 is 11.8 Å². The second-order valence-corrected chi connectivity index (χ2v) is 5.23. The number of hydrogen-bond acceptors (Lipinski definition) is 2. The SMILES string of the molecule is CCCCC(O)C1CSc2ccccc21. The van der Waals surface area contributed by atoms with Crippen molar-refractivity contribution in [2.24, 2.45) is 0 Å². The van der Waals surface area contributed by atoms with Crippen molar-refractivity contribution in [2.75, 3.05) is 5.75 Å². The number of aliphatic hydroxyl groups excluding tert-OH is 1. The van der Waals surface area contributed by atoms with Crippen LogP contribution in [0.4, 0.5) is 0 Å². The summed E-state index contributed by atoms with van der Waals surface area (Å²) in [4.78, 5) is 1.36. The fourth-order valence-corrected chi connectivity index (χ4v) is 3.44. The third-order valence-corrected chi connectivity index (χ3v) is 4.26. The zero-order valence-electron chi connectivity index (χ0n) is 9.15. The molecule has 0 amide bonds. The van der Waals surface area contributed by atoms with Gasteiger partial charge in [0.25, 0.3) is 0 Å². The van der Waals surface area contributed by atoms with Gasteiger partial charge in [-0.2, -0.15) is 0 Å². The van der Waals surface area contributed by atoms with Crippen LogP contribution in [0.1, 0.15) is 37.7 Å². The Hall–Kier alpha value is -0.470. The first-order valence-corrected chi connectivity index (χ1v) is 6.71. The lowest BCUT2D eigenvalue weighted by atomic mass is 9.92. The van der Waals surface area contributed by atoms with Gasteiger partial charge >= 0.3 is 0 Å². The molecule has 82 valence electrons. The summed E-state index contributed by atoms with van der Waals surface area (Å²) in [6.45, 7) is 2.17. The van der Waals surface area contributed by atoms with Crippen molar-refractivity contribution < 1.29 is 5.11 Å². The van der Waals surface area contributed by atoms with E-state index >= 15 is 0 Å². The van der Waals surface area contributed by atoms with Crippen LogP contribution in [0.15, 0.2) is 29.2 Å². The fourth-order valence-electron chi connectivity index (χ4n) is 2.12. The molecule has 0 bridgehead atoms. The number of hydrogen-bond donors (Lipinski definition) is 1. The second-order valence-electron chi connectivity index (χ2n) is 4.16. The van der Waals surface area contributed by atoms with E-state index in [1.165, 1.54) is 16.9 Å². The zero-order chi connectivity index (χ0) is 10.7. The monoisotopic (exact) mass is 222 g/mol. The number of unbranched alkanes of at least 4 members (excludes halogenated alkanes) is 1. The standard InChI is InChI=1S/C13H18OS/c1-2-3-7-12(14)11-9-15-13-8-5-4-6-10(11)13/h4-6,8,11-12,14H,2-3,7,9H2,1H3. The average Bonchev–Trinajstić information content (AvgIpc) is 2.69. The van der Waals surface area contributed by atoms with Gasteiger partial charge in [-0.15, -0.1) is 11.8 Å². The van der Waals surface area contributed by atoms with Crippen LogP contribution in [0.25, 0.3) is 0 Å². The van der Waals surface area contributed by atoms with Gasteiger partial charge < -0.3 is 5.11 Å². The van der Waals surface area contributed by atoms with Gasteiger partial charge in [0.15, 0.2) is 0 Å². The second kappa shape index (κ2) is 5.04. The lowest BCUT2D eigenvalue weighted by Gasteiger charge is -2.18. The van der Waals surface area contributed by atoms with E-state index in [0.29, 0.717) is 5.92 Å². The van der Waals surface area contributed by atoms with Crippen LogP contribution >= 0.6 is 11.8 Å². The smallest absolute Gasteiger partial charge is 0.0617 e. The van der Waals surface area contributed by atoms with Gasteiger partial charge in [0.1, 0.15) is 0 Å². The molecule has 0 aromatic heterocycles. The minimum atomic E-state index is -0.152. The first-order valence-electron chi connectivity index (χ1n) is 5.72. The third kappa shape index (κ3) is 2.37. The molecule has 2 atom stereocenters. The van der Waals surface area contributed by atoms with Gasteiger partial charge in [-0.1, -0.05) is 38.0 Å². The first kappa shape index (κ1) is 11.0. The highest BCUT2D eigenvalue weighted by molar-refractivity contribution is 7.99. The molecule has 1 heterocycles. The quantitative estimate of drug-likeness (QED) is 0.842. The molecule has 0 saturated carbocycles. The van der Waals surface area contributed by atoms with Gasteiger partial charge in [-0.05, 0) is 18.1 Å². The Morgan fingerprint density at radius 3 is 3.07 bits per heavy atom. The predicted octanol–water partition coefficient (Wildman–Crippen LogP) is 3.43. The maximum atomic E-state index is 10.1. The molecule has 2 rings (SSSR count). The maximum absolute atomic E-state index is 10.1. The number of thioether (sulfide) groups is 1. The van der Waals surface area contributed by atoms with E-state index in [1.807, 2.05) is 11.8 Å². The Bertz CT molecular complexity index is 324. The lowest BCUT2D eigenvalue weighted by Crippen LogP contribution is -2.18. The Morgan fingerprint density at radius 1 is 1.47 bits per heavy atom. The van der Waals surface area contributed by atoms with E-state index in [1.54, 1.807) is 0 Å². The van der Waals surface area contributed by atoms with Gasteiger partial charge in [0.05, 0.1) is 6.10 Å². The van der Waals surface area contributed by atoms with Crippen LogP contribution in [0.2, 0.25) is 0 Å². The molecule has 0 fully saturated rings. The van der Waals surface area contributed by atoms with Crippen LogP contribution in [0, 0.1) is 0 Å². The molecule has 0 aliphatic carbocycles. The molecule has 1 N–H and O–H groups in total. The highest BCUT2D eigenvalue weighted by Crippen LogP contribution is 2.41. The largest absolute Gasteiger partial charge is 0.392 e. The van der Waals surface area contributed by atoms with Crippen molar-refractivity contribution in [2.45, 2.75) is 43.1 Å². The summed E-state index contributed by atoms with van der Waals surface area (Å²) in [6.07, 6.45) is 3.08. The Kier molecular flexibility index (Phi) is 3.71. The van der Waals surface area contributed by atoms with Crippen LogP contribution in [0.5, 0.6) is 0 Å². The molecule has 2 unspecified atom stereocenters. The molecule has 1 aromatic rings. The van der Waals surface area contributed by atoms with E-state index in [-0.39, 0.29) is 6.10 Å². The predicted molar refractivity (Wildman–Crippen MR) is 65.4 cm³/mol. The molecule has 0 saturated heterocycles. The molecule has 0 radical (unpaired) electrons. The summed E-state index contributed by atoms with van der Waals surface area (Å²) in [6, 6.07) is 8.47. The molecule has 2 heteroatoms. The highest BCUT2D eigenvalue weighted by atomic mass is 32.2. The van der Waals surface area contributed by atoms with Crippen LogP contribution in [-0.4, -0.2) is 17.0 Å². The fraction of sp³-hybridized carbons (Fsp3) is 0.538. The maximum Gasteiger partial charge on any atom is 0.0617 e. The topological polar surface area (TPSA) is 20.2 Å². The van der Waals surface area contributed by atoms with Crippen LogP contribution < -0.4 is 0 Å². The van der Waals surface area contributed by atoms with Crippen LogP contribution in [-0.2, 0) is 0 Å². The minimum Gasteiger partial charge on any atom is -0.392 e. The molecule has 1 aromatic carbocycles. The van der Waals surface area contributed by atoms with Gasteiger partial charge in [-0.25, -0.2) is 0 Å². The van der Waals surface area contributed by atoms with E-state index in [2.05, 4.69) is 31.2 Å². The van der Waals surface area contributed by atoms with Crippen molar-refractivity contribution in [3.8, 4) is 0 Å². The summed E-state index contributed by atoms with van der Waals surface area (Å²) in [5, 5.41) is 10.1. The number of benzene rings is 1. The van der Waals surface area contributed by atoms with E-state index < -0.39 is 0 Å². The summed E-state index contributed by atoms with van der Waals surface area (Å²) in [5.41, 5.74) is 1.35. The average molecular weight is 222 g/mol. The highest BCUT2D eigenvalue weighted by Gasteiger charge is 2.28. The molecular weight excluding hydrogens is 204 g/mol. The molecule has 0 spiro atoms. The van der Waals surface area contributed by atoms with Crippen LogP contribution in [0.3, 0.4) is 0 Å². The molecule has 1 nitrogen and oxygen atoms in total. The Balaban J connectivity index is 2.06.